The molecule has 1 N–H and O–H groups in total. The van der Waals surface area contributed by atoms with Gasteiger partial charge in [0.2, 0.25) is 0 Å². The fourth-order valence-corrected chi connectivity index (χ4v) is 5.19. The van der Waals surface area contributed by atoms with Gasteiger partial charge in [0.25, 0.3) is 5.91 Å². The number of hydrogen-bond donors (Lipinski definition) is 1. The van der Waals surface area contributed by atoms with Crippen LogP contribution in [0.4, 0.5) is 0 Å². The van der Waals surface area contributed by atoms with E-state index in [2.05, 4.69) is 17.1 Å². The number of sulfone groups is 1. The zero-order valence-electron chi connectivity index (χ0n) is 14.7. The van der Waals surface area contributed by atoms with Gasteiger partial charge in [-0.3, -0.25) is 9.89 Å². The molecule has 3 heterocycles. The second-order valence-electron chi connectivity index (χ2n) is 6.71. The summed E-state index contributed by atoms with van der Waals surface area (Å²) in [6.45, 7) is 3.22. The topological polar surface area (TPSA) is 83.1 Å². The number of benzene rings is 1. The molecule has 0 radical (unpaired) electrons. The number of aryl methyl sites for hydroxylation is 1. The Morgan fingerprint density at radius 3 is 2.92 bits per heavy atom. The SMILES string of the molecule is CCc1n[nH]c2c1CN(C(=O)c1cccc(C3=CCCS3(=O)=O)c1)CC2. The number of nitrogens with zero attached hydrogens (tertiary/aromatic N) is 2. The van der Waals surface area contributed by atoms with Crippen molar-refractivity contribution in [3.05, 3.63) is 58.4 Å². The molecule has 0 spiro atoms. The molecule has 0 saturated carbocycles. The first-order valence-electron chi connectivity index (χ1n) is 8.87. The van der Waals surface area contributed by atoms with E-state index in [-0.39, 0.29) is 11.7 Å². The van der Waals surface area contributed by atoms with Gasteiger partial charge in [-0.2, -0.15) is 5.10 Å². The number of nitrogens with one attached hydrogen (secondary N) is 1. The highest BCUT2D eigenvalue weighted by atomic mass is 32.2. The fourth-order valence-electron chi connectivity index (χ4n) is 3.69. The summed E-state index contributed by atoms with van der Waals surface area (Å²) in [5, 5.41) is 7.40. The van der Waals surface area contributed by atoms with Crippen molar-refractivity contribution in [2.24, 2.45) is 0 Å². The van der Waals surface area contributed by atoms with Crippen LogP contribution in [0.5, 0.6) is 0 Å². The number of rotatable bonds is 3. The van der Waals surface area contributed by atoms with Crippen molar-refractivity contribution in [1.82, 2.24) is 15.1 Å². The van der Waals surface area contributed by atoms with Crippen molar-refractivity contribution in [3.63, 3.8) is 0 Å². The number of allylic oxidation sites excluding steroid dienone is 1. The van der Waals surface area contributed by atoms with Crippen LogP contribution < -0.4 is 0 Å². The van der Waals surface area contributed by atoms with E-state index in [4.69, 9.17) is 0 Å². The number of H-pyrrole nitrogens is 1. The lowest BCUT2D eigenvalue weighted by Gasteiger charge is -2.27. The molecule has 1 amide bonds. The zero-order chi connectivity index (χ0) is 18.3. The van der Waals surface area contributed by atoms with E-state index >= 15 is 0 Å². The molecule has 136 valence electrons. The molecule has 1 aromatic carbocycles. The van der Waals surface area contributed by atoms with Crippen LogP contribution in [-0.4, -0.2) is 41.7 Å². The summed E-state index contributed by atoms with van der Waals surface area (Å²) in [5.41, 5.74) is 4.36. The number of fused-ring (bicyclic) bond motifs is 1. The third kappa shape index (κ3) is 2.86. The summed E-state index contributed by atoms with van der Waals surface area (Å²) in [5.74, 6) is 0.0760. The minimum atomic E-state index is -3.23. The van der Waals surface area contributed by atoms with Crippen molar-refractivity contribution in [2.75, 3.05) is 12.3 Å². The van der Waals surface area contributed by atoms with Crippen LogP contribution >= 0.6 is 0 Å². The van der Waals surface area contributed by atoms with Crippen LogP contribution in [0.1, 0.15) is 46.2 Å². The second kappa shape index (κ2) is 6.39. The van der Waals surface area contributed by atoms with Crippen molar-refractivity contribution in [2.45, 2.75) is 32.7 Å². The lowest BCUT2D eigenvalue weighted by molar-refractivity contribution is 0.0734. The van der Waals surface area contributed by atoms with Gasteiger partial charge in [-0.25, -0.2) is 8.42 Å². The van der Waals surface area contributed by atoms with Crippen LogP contribution in [0.2, 0.25) is 0 Å². The van der Waals surface area contributed by atoms with Gasteiger partial charge >= 0.3 is 0 Å². The first-order chi connectivity index (χ1) is 12.5. The van der Waals surface area contributed by atoms with Crippen molar-refractivity contribution in [3.8, 4) is 0 Å². The summed E-state index contributed by atoms with van der Waals surface area (Å²) in [6.07, 6.45) is 3.86. The summed E-state index contributed by atoms with van der Waals surface area (Å²) in [7, 11) is -3.23. The Labute approximate surface area is 152 Å². The first kappa shape index (κ1) is 17.0. The highest BCUT2D eigenvalue weighted by molar-refractivity contribution is 8.00. The van der Waals surface area contributed by atoms with Gasteiger partial charge < -0.3 is 4.90 Å². The summed E-state index contributed by atoms with van der Waals surface area (Å²) >= 11 is 0. The van der Waals surface area contributed by atoms with Gasteiger partial charge in [0.1, 0.15) is 0 Å². The molecule has 0 bridgehead atoms. The van der Waals surface area contributed by atoms with E-state index in [9.17, 15) is 13.2 Å². The van der Waals surface area contributed by atoms with E-state index in [1.165, 1.54) is 0 Å². The van der Waals surface area contributed by atoms with Crippen molar-refractivity contribution in [1.29, 1.82) is 0 Å². The smallest absolute Gasteiger partial charge is 0.254 e. The molecule has 2 aliphatic rings. The Morgan fingerprint density at radius 2 is 2.19 bits per heavy atom. The van der Waals surface area contributed by atoms with Crippen LogP contribution in [-0.2, 0) is 29.2 Å². The van der Waals surface area contributed by atoms with E-state index in [0.717, 1.165) is 29.8 Å². The van der Waals surface area contributed by atoms with Crippen LogP contribution in [0.3, 0.4) is 0 Å². The quantitative estimate of drug-likeness (QED) is 0.898. The van der Waals surface area contributed by atoms with E-state index in [1.807, 2.05) is 4.90 Å². The Kier molecular flexibility index (Phi) is 4.19. The Morgan fingerprint density at radius 1 is 1.35 bits per heavy atom. The number of aromatic nitrogens is 2. The largest absolute Gasteiger partial charge is 0.334 e. The molecule has 0 fully saturated rings. The molecule has 7 heteroatoms. The maximum atomic E-state index is 13.0. The Balaban J connectivity index is 1.61. The van der Waals surface area contributed by atoms with Gasteiger partial charge in [0.05, 0.1) is 16.4 Å². The van der Waals surface area contributed by atoms with E-state index in [1.54, 1.807) is 30.3 Å². The Bertz CT molecular complexity index is 991. The molecule has 26 heavy (non-hydrogen) atoms. The predicted molar refractivity (Wildman–Crippen MR) is 99.2 cm³/mol. The summed E-state index contributed by atoms with van der Waals surface area (Å²) in [4.78, 5) is 15.1. The standard InChI is InChI=1S/C19H21N3O3S/c1-2-16-15-12-22(9-8-17(15)21-20-16)19(23)14-6-3-5-13(11-14)18-7-4-10-26(18,24)25/h3,5-7,11H,2,4,8-10,12H2,1H3,(H,20,21). The Hall–Kier alpha value is -2.41. The van der Waals surface area contributed by atoms with Gasteiger partial charge in [0, 0.05) is 36.3 Å². The molecule has 0 atom stereocenters. The lowest BCUT2D eigenvalue weighted by Crippen LogP contribution is -2.36. The normalized spacial score (nSPS) is 18.5. The maximum Gasteiger partial charge on any atom is 0.254 e. The molecular formula is C19H21N3O3S. The van der Waals surface area contributed by atoms with Gasteiger partial charge in [-0.15, -0.1) is 0 Å². The first-order valence-corrected chi connectivity index (χ1v) is 10.5. The minimum absolute atomic E-state index is 0.0725. The fraction of sp³-hybridized carbons (Fsp3) is 0.368. The van der Waals surface area contributed by atoms with Crippen molar-refractivity contribution < 1.29 is 13.2 Å². The highest BCUT2D eigenvalue weighted by Gasteiger charge is 2.27. The third-order valence-electron chi connectivity index (χ3n) is 5.09. The number of carbonyl (C=O) groups is 1. The van der Waals surface area contributed by atoms with Crippen molar-refractivity contribution >= 4 is 20.6 Å². The van der Waals surface area contributed by atoms with Gasteiger partial charge in [0.15, 0.2) is 9.84 Å². The maximum absolute atomic E-state index is 13.0. The average molecular weight is 371 g/mol. The molecule has 0 aliphatic carbocycles. The second-order valence-corrected chi connectivity index (χ2v) is 8.79. The molecule has 0 saturated heterocycles. The molecular weight excluding hydrogens is 350 g/mol. The van der Waals surface area contributed by atoms with E-state index < -0.39 is 9.84 Å². The molecule has 0 unspecified atom stereocenters. The zero-order valence-corrected chi connectivity index (χ0v) is 15.5. The van der Waals surface area contributed by atoms with Crippen LogP contribution in [0.25, 0.3) is 4.91 Å². The number of amides is 1. The monoisotopic (exact) mass is 371 g/mol. The third-order valence-corrected chi connectivity index (χ3v) is 6.93. The predicted octanol–water partition coefficient (Wildman–Crippen LogP) is 2.33. The molecule has 1 aromatic heterocycles. The summed E-state index contributed by atoms with van der Waals surface area (Å²) < 4.78 is 24.3. The summed E-state index contributed by atoms with van der Waals surface area (Å²) in [6, 6.07) is 6.95. The van der Waals surface area contributed by atoms with Crippen LogP contribution in [0.15, 0.2) is 30.3 Å². The molecule has 2 aliphatic heterocycles. The number of hydrogen-bond acceptors (Lipinski definition) is 4. The molecule has 2 aromatic rings. The highest BCUT2D eigenvalue weighted by Crippen LogP contribution is 2.29. The number of carbonyl (C=O) groups excluding carboxylic acids is 1. The molecule has 6 nitrogen and oxygen atoms in total. The molecule has 4 rings (SSSR count). The lowest BCUT2D eigenvalue weighted by atomic mass is 10.0. The van der Waals surface area contributed by atoms with Gasteiger partial charge in [-0.1, -0.05) is 25.1 Å². The van der Waals surface area contributed by atoms with E-state index in [0.29, 0.717) is 35.5 Å². The van der Waals surface area contributed by atoms with Gasteiger partial charge in [-0.05, 0) is 30.5 Å². The minimum Gasteiger partial charge on any atom is -0.334 e. The number of aromatic amines is 1. The van der Waals surface area contributed by atoms with Crippen LogP contribution in [0, 0.1) is 0 Å². The average Bonchev–Trinajstić information content (AvgIpc) is 3.22.